The largest absolute Gasteiger partial charge is 0.493 e. The molecule has 9 heteroatoms. The van der Waals surface area contributed by atoms with Crippen LogP contribution in [0.5, 0.6) is 17.2 Å². The number of carbonyl (C=O) groups is 1. The fourth-order valence-electron chi connectivity index (χ4n) is 5.33. The van der Waals surface area contributed by atoms with Gasteiger partial charge in [0.2, 0.25) is 0 Å². The topological polar surface area (TPSA) is 88.4 Å². The van der Waals surface area contributed by atoms with Gasteiger partial charge in [-0.15, -0.1) is 0 Å². The summed E-state index contributed by atoms with van der Waals surface area (Å²) in [7, 11) is 3.10. The van der Waals surface area contributed by atoms with E-state index in [1.54, 1.807) is 37.8 Å². The smallest absolute Gasteiger partial charge is 0.338 e. The number of hydrogen-bond acceptors (Lipinski definition) is 8. The lowest BCUT2D eigenvalue weighted by Gasteiger charge is -2.26. The highest BCUT2D eigenvalue weighted by molar-refractivity contribution is 7.07. The fraction of sp³-hybridized carbons (Fsp3) is 0.162. The monoisotopic (exact) mass is 632 g/mol. The molecule has 1 aliphatic rings. The minimum atomic E-state index is -0.832. The van der Waals surface area contributed by atoms with Gasteiger partial charge in [-0.25, -0.2) is 9.79 Å². The number of nitrogens with zero attached hydrogens (tertiary/aromatic N) is 2. The number of thiazole rings is 1. The van der Waals surface area contributed by atoms with Crippen LogP contribution in [0.15, 0.2) is 118 Å². The highest BCUT2D eigenvalue weighted by Crippen LogP contribution is 2.38. The Bertz CT molecular complexity index is 2070. The van der Waals surface area contributed by atoms with Crippen molar-refractivity contribution >= 4 is 29.1 Å². The molecule has 0 bridgehead atoms. The molecule has 0 N–H and O–H groups in total. The van der Waals surface area contributed by atoms with E-state index in [2.05, 4.69) is 0 Å². The molecule has 8 nitrogen and oxygen atoms in total. The second kappa shape index (κ2) is 13.7. The van der Waals surface area contributed by atoms with Crippen LogP contribution >= 0.6 is 11.3 Å². The third-order valence-electron chi connectivity index (χ3n) is 7.52. The average Bonchev–Trinajstić information content (AvgIpc) is 3.41. The van der Waals surface area contributed by atoms with Crippen LogP contribution in [0, 0.1) is 0 Å². The Morgan fingerprint density at radius 2 is 1.59 bits per heavy atom. The van der Waals surface area contributed by atoms with E-state index in [1.807, 2.05) is 97.1 Å². The maximum absolute atomic E-state index is 14.2. The van der Waals surface area contributed by atoms with Gasteiger partial charge in [-0.3, -0.25) is 9.36 Å². The predicted octanol–water partition coefficient (Wildman–Crippen LogP) is 5.53. The van der Waals surface area contributed by atoms with E-state index in [0.717, 1.165) is 22.4 Å². The van der Waals surface area contributed by atoms with Crippen molar-refractivity contribution in [1.29, 1.82) is 0 Å². The van der Waals surface area contributed by atoms with Crippen molar-refractivity contribution in [3.05, 3.63) is 151 Å². The van der Waals surface area contributed by atoms with Gasteiger partial charge >= 0.3 is 5.97 Å². The Balaban J connectivity index is 1.48. The summed E-state index contributed by atoms with van der Waals surface area (Å²) in [5.74, 6) is 1.17. The molecule has 0 amide bonds. The standard InChI is InChI=1S/C37H32N2O6S/c1-4-44-36(41)32-33(26-13-9-6-10-14-26)38-37-39(34(32)27-17-20-29(42-2)30(22-27)43-3)35(40)31(46-37)21-24-15-18-28(19-16-24)45-23-25-11-7-5-8-12-25/h5-22,34H,4,23H2,1-3H3/b31-21-/t34-/m0/s1. The molecule has 232 valence electrons. The molecule has 1 aromatic heterocycles. The zero-order valence-electron chi connectivity index (χ0n) is 25.6. The summed E-state index contributed by atoms with van der Waals surface area (Å²) < 4.78 is 24.6. The van der Waals surface area contributed by atoms with E-state index in [0.29, 0.717) is 38.7 Å². The van der Waals surface area contributed by atoms with Gasteiger partial charge in [0.25, 0.3) is 5.56 Å². The highest BCUT2D eigenvalue weighted by Gasteiger charge is 2.35. The van der Waals surface area contributed by atoms with Gasteiger partial charge in [-0.05, 0) is 54.0 Å². The zero-order chi connectivity index (χ0) is 32.0. The summed E-state index contributed by atoms with van der Waals surface area (Å²) in [6.45, 7) is 2.37. The lowest BCUT2D eigenvalue weighted by atomic mass is 9.93. The molecule has 0 fully saturated rings. The second-order valence-corrected chi connectivity index (χ2v) is 11.4. The Morgan fingerprint density at radius 3 is 2.26 bits per heavy atom. The summed E-state index contributed by atoms with van der Waals surface area (Å²) in [5.41, 5.74) is 3.73. The Kier molecular flexibility index (Phi) is 9.12. The van der Waals surface area contributed by atoms with Gasteiger partial charge in [0.1, 0.15) is 12.4 Å². The van der Waals surface area contributed by atoms with E-state index in [9.17, 15) is 9.59 Å². The second-order valence-electron chi connectivity index (χ2n) is 10.4. The molecule has 1 atom stereocenters. The SMILES string of the molecule is CCOC(=O)C1=C(c2ccccc2)N=c2s/c(=C\c3ccc(OCc4ccccc4)cc3)c(=O)n2[C@H]1c1ccc(OC)c(OC)c1. The van der Waals surface area contributed by atoms with Gasteiger partial charge in [0, 0.05) is 5.56 Å². The molecule has 0 unspecified atom stereocenters. The first kappa shape index (κ1) is 30.6. The molecular formula is C37H32N2O6S. The van der Waals surface area contributed by atoms with Gasteiger partial charge in [0.15, 0.2) is 16.3 Å². The molecule has 0 radical (unpaired) electrons. The summed E-state index contributed by atoms with van der Waals surface area (Å²) in [6.07, 6.45) is 1.83. The zero-order valence-corrected chi connectivity index (χ0v) is 26.5. The average molecular weight is 633 g/mol. The molecule has 4 aromatic carbocycles. The molecule has 0 spiro atoms. The van der Waals surface area contributed by atoms with Crippen LogP contribution in [0.3, 0.4) is 0 Å². The van der Waals surface area contributed by atoms with Gasteiger partial charge in [0.05, 0.1) is 42.7 Å². The normalized spacial score (nSPS) is 14.3. The van der Waals surface area contributed by atoms with E-state index in [-0.39, 0.29) is 17.7 Å². The van der Waals surface area contributed by atoms with Gasteiger partial charge < -0.3 is 18.9 Å². The predicted molar refractivity (Wildman–Crippen MR) is 178 cm³/mol. The number of hydrogen-bond donors (Lipinski definition) is 0. The number of ether oxygens (including phenoxy) is 4. The summed E-state index contributed by atoms with van der Waals surface area (Å²) in [4.78, 5) is 33.3. The number of benzene rings is 4. The fourth-order valence-corrected chi connectivity index (χ4v) is 6.33. The van der Waals surface area contributed by atoms with Crippen LogP contribution in [-0.4, -0.2) is 31.4 Å². The highest BCUT2D eigenvalue weighted by atomic mass is 32.1. The number of methoxy groups -OCH3 is 2. The van der Waals surface area contributed by atoms with Crippen molar-refractivity contribution in [3.8, 4) is 17.2 Å². The number of rotatable bonds is 10. The number of fused-ring (bicyclic) bond motifs is 1. The minimum absolute atomic E-state index is 0.165. The van der Waals surface area contributed by atoms with Crippen LogP contribution in [-0.2, 0) is 16.1 Å². The van der Waals surface area contributed by atoms with Crippen molar-refractivity contribution in [2.75, 3.05) is 20.8 Å². The number of aromatic nitrogens is 1. The van der Waals surface area contributed by atoms with Crippen molar-refractivity contribution in [3.63, 3.8) is 0 Å². The van der Waals surface area contributed by atoms with Crippen LogP contribution in [0.4, 0.5) is 0 Å². The van der Waals surface area contributed by atoms with E-state index in [4.69, 9.17) is 23.9 Å². The molecular weight excluding hydrogens is 600 g/mol. The lowest BCUT2D eigenvalue weighted by molar-refractivity contribution is -0.138. The third-order valence-corrected chi connectivity index (χ3v) is 8.51. The molecule has 5 aromatic rings. The quantitative estimate of drug-likeness (QED) is 0.188. The molecule has 2 heterocycles. The van der Waals surface area contributed by atoms with E-state index >= 15 is 0 Å². The molecule has 0 aliphatic carbocycles. The number of esters is 1. The van der Waals surface area contributed by atoms with E-state index < -0.39 is 12.0 Å². The molecule has 0 saturated carbocycles. The van der Waals surface area contributed by atoms with Crippen LogP contribution in [0.25, 0.3) is 11.8 Å². The first-order valence-electron chi connectivity index (χ1n) is 14.8. The summed E-state index contributed by atoms with van der Waals surface area (Å²) in [6, 6.07) is 31.5. The maximum Gasteiger partial charge on any atom is 0.338 e. The molecule has 6 rings (SSSR count). The third kappa shape index (κ3) is 6.23. The first-order chi connectivity index (χ1) is 22.5. The lowest BCUT2D eigenvalue weighted by Crippen LogP contribution is -2.40. The van der Waals surface area contributed by atoms with Gasteiger partial charge in [-0.2, -0.15) is 0 Å². The maximum atomic E-state index is 14.2. The van der Waals surface area contributed by atoms with E-state index in [1.165, 1.54) is 11.3 Å². The Labute approximate surface area is 270 Å². The van der Waals surface area contributed by atoms with Crippen LogP contribution in [0.1, 0.15) is 35.2 Å². The minimum Gasteiger partial charge on any atom is -0.493 e. The van der Waals surface area contributed by atoms with Crippen LogP contribution < -0.4 is 29.1 Å². The van der Waals surface area contributed by atoms with Crippen molar-refractivity contribution < 1.29 is 23.7 Å². The summed E-state index contributed by atoms with van der Waals surface area (Å²) >= 11 is 1.26. The summed E-state index contributed by atoms with van der Waals surface area (Å²) in [5, 5.41) is 0. The van der Waals surface area contributed by atoms with Crippen molar-refractivity contribution in [1.82, 2.24) is 4.57 Å². The van der Waals surface area contributed by atoms with Crippen LogP contribution in [0.2, 0.25) is 0 Å². The molecule has 0 saturated heterocycles. The van der Waals surface area contributed by atoms with Gasteiger partial charge in [-0.1, -0.05) is 90.2 Å². The first-order valence-corrected chi connectivity index (χ1v) is 15.6. The Hall–Kier alpha value is -5.41. The van der Waals surface area contributed by atoms with Crippen molar-refractivity contribution in [2.45, 2.75) is 19.6 Å². The molecule has 46 heavy (non-hydrogen) atoms. The Morgan fingerprint density at radius 1 is 0.891 bits per heavy atom. The van der Waals surface area contributed by atoms with Crippen molar-refractivity contribution in [2.24, 2.45) is 4.99 Å². The molecule has 1 aliphatic heterocycles. The number of carbonyl (C=O) groups excluding carboxylic acids is 1.